The molecule has 1 N–H and O–H groups in total. The van der Waals surface area contributed by atoms with Gasteiger partial charge in [0.2, 0.25) is 0 Å². The summed E-state index contributed by atoms with van der Waals surface area (Å²) in [5, 5.41) is 0. The molecule has 3 nitrogen and oxygen atoms in total. The van der Waals surface area contributed by atoms with Crippen molar-refractivity contribution in [1.29, 1.82) is 0 Å². The SMILES string of the molecule is CCc1[nH]c(C=O)nc1-c1cccc(Br)c1. The Hall–Kier alpha value is -1.42. The Morgan fingerprint density at radius 2 is 2.31 bits per heavy atom. The number of carbonyl (C=O) groups is 1. The number of aromatic nitrogens is 2. The molecule has 0 radical (unpaired) electrons. The van der Waals surface area contributed by atoms with Gasteiger partial charge in [-0.15, -0.1) is 0 Å². The molecule has 16 heavy (non-hydrogen) atoms. The van der Waals surface area contributed by atoms with Gasteiger partial charge in [0, 0.05) is 15.7 Å². The molecule has 0 bridgehead atoms. The van der Waals surface area contributed by atoms with Crippen molar-refractivity contribution in [2.75, 3.05) is 0 Å². The van der Waals surface area contributed by atoms with E-state index < -0.39 is 0 Å². The largest absolute Gasteiger partial charge is 0.339 e. The normalized spacial score (nSPS) is 10.4. The Bertz CT molecular complexity index is 519. The number of aldehydes is 1. The van der Waals surface area contributed by atoms with Crippen LogP contribution in [0.2, 0.25) is 0 Å². The van der Waals surface area contributed by atoms with Crippen LogP contribution in [-0.2, 0) is 6.42 Å². The number of H-pyrrole nitrogens is 1. The molecular weight excluding hydrogens is 268 g/mol. The quantitative estimate of drug-likeness (QED) is 0.877. The van der Waals surface area contributed by atoms with Crippen molar-refractivity contribution in [2.24, 2.45) is 0 Å². The number of imidazole rings is 1. The summed E-state index contributed by atoms with van der Waals surface area (Å²) in [5.74, 6) is 0.381. The third kappa shape index (κ3) is 2.07. The molecule has 0 atom stereocenters. The summed E-state index contributed by atoms with van der Waals surface area (Å²) in [6.45, 7) is 2.03. The van der Waals surface area contributed by atoms with Gasteiger partial charge in [-0.2, -0.15) is 0 Å². The second kappa shape index (κ2) is 4.61. The molecule has 0 spiro atoms. The molecule has 2 rings (SSSR count). The maximum atomic E-state index is 10.7. The molecule has 0 aliphatic carbocycles. The van der Waals surface area contributed by atoms with Crippen LogP contribution < -0.4 is 0 Å². The topological polar surface area (TPSA) is 45.8 Å². The predicted octanol–water partition coefficient (Wildman–Crippen LogP) is 3.21. The number of benzene rings is 1. The van der Waals surface area contributed by atoms with Gasteiger partial charge in [-0.05, 0) is 18.6 Å². The van der Waals surface area contributed by atoms with E-state index in [0.29, 0.717) is 5.82 Å². The summed E-state index contributed by atoms with van der Waals surface area (Å²) in [7, 11) is 0. The monoisotopic (exact) mass is 278 g/mol. The lowest BCUT2D eigenvalue weighted by atomic mass is 10.1. The van der Waals surface area contributed by atoms with Crippen molar-refractivity contribution in [3.05, 3.63) is 40.3 Å². The minimum atomic E-state index is 0.381. The number of hydrogen-bond donors (Lipinski definition) is 1. The van der Waals surface area contributed by atoms with Crippen LogP contribution in [0.15, 0.2) is 28.7 Å². The van der Waals surface area contributed by atoms with E-state index in [-0.39, 0.29) is 0 Å². The second-order valence-electron chi connectivity index (χ2n) is 3.43. The Balaban J connectivity index is 2.54. The molecule has 0 saturated carbocycles. The lowest BCUT2D eigenvalue weighted by molar-refractivity contribution is 0.111. The highest BCUT2D eigenvalue weighted by molar-refractivity contribution is 9.10. The molecule has 1 aromatic carbocycles. The zero-order valence-electron chi connectivity index (χ0n) is 8.83. The first kappa shape index (κ1) is 11.1. The van der Waals surface area contributed by atoms with Crippen LogP contribution in [0.3, 0.4) is 0 Å². The smallest absolute Gasteiger partial charge is 0.185 e. The molecule has 82 valence electrons. The van der Waals surface area contributed by atoms with Crippen LogP contribution in [0.5, 0.6) is 0 Å². The van der Waals surface area contributed by atoms with Crippen LogP contribution in [-0.4, -0.2) is 16.3 Å². The number of nitrogens with zero attached hydrogens (tertiary/aromatic N) is 1. The number of rotatable bonds is 3. The Kier molecular flexibility index (Phi) is 3.19. The molecule has 0 aliphatic heterocycles. The van der Waals surface area contributed by atoms with Gasteiger partial charge in [-0.3, -0.25) is 4.79 Å². The van der Waals surface area contributed by atoms with E-state index in [1.165, 1.54) is 0 Å². The minimum absolute atomic E-state index is 0.381. The zero-order valence-corrected chi connectivity index (χ0v) is 10.4. The molecule has 0 amide bonds. The van der Waals surface area contributed by atoms with E-state index in [4.69, 9.17) is 0 Å². The van der Waals surface area contributed by atoms with Crippen LogP contribution >= 0.6 is 15.9 Å². The first-order valence-corrected chi connectivity index (χ1v) is 5.84. The molecule has 2 aromatic rings. The van der Waals surface area contributed by atoms with Crippen LogP contribution in [0.25, 0.3) is 11.3 Å². The Morgan fingerprint density at radius 1 is 1.50 bits per heavy atom. The molecule has 1 aromatic heterocycles. The third-order valence-electron chi connectivity index (χ3n) is 2.36. The van der Waals surface area contributed by atoms with Gasteiger partial charge >= 0.3 is 0 Å². The highest BCUT2D eigenvalue weighted by Gasteiger charge is 2.10. The number of carbonyl (C=O) groups excluding carboxylic acids is 1. The summed E-state index contributed by atoms with van der Waals surface area (Å²) in [5.41, 5.74) is 2.85. The number of halogens is 1. The van der Waals surface area contributed by atoms with E-state index in [1.54, 1.807) is 0 Å². The molecular formula is C12H11BrN2O. The number of aryl methyl sites for hydroxylation is 1. The standard InChI is InChI=1S/C12H11BrN2O/c1-2-10-12(15-11(7-16)14-10)8-4-3-5-9(13)6-8/h3-7H,2H2,1H3,(H,14,15). The summed E-state index contributed by atoms with van der Waals surface area (Å²) in [6.07, 6.45) is 1.56. The maximum absolute atomic E-state index is 10.7. The third-order valence-corrected chi connectivity index (χ3v) is 2.85. The van der Waals surface area contributed by atoms with Gasteiger partial charge in [0.05, 0.1) is 5.69 Å². The Morgan fingerprint density at radius 3 is 2.94 bits per heavy atom. The van der Waals surface area contributed by atoms with Crippen molar-refractivity contribution >= 4 is 22.2 Å². The van der Waals surface area contributed by atoms with Crippen molar-refractivity contribution in [2.45, 2.75) is 13.3 Å². The van der Waals surface area contributed by atoms with Crippen molar-refractivity contribution in [3.8, 4) is 11.3 Å². The lowest BCUT2D eigenvalue weighted by Gasteiger charge is -2.00. The molecule has 4 heteroatoms. The van der Waals surface area contributed by atoms with E-state index in [2.05, 4.69) is 25.9 Å². The number of nitrogens with one attached hydrogen (secondary N) is 1. The summed E-state index contributed by atoms with van der Waals surface area (Å²) in [6, 6.07) is 7.88. The van der Waals surface area contributed by atoms with Gasteiger partial charge in [0.1, 0.15) is 0 Å². The summed E-state index contributed by atoms with van der Waals surface area (Å²) < 4.78 is 1.00. The van der Waals surface area contributed by atoms with Crippen molar-refractivity contribution < 1.29 is 4.79 Å². The highest BCUT2D eigenvalue weighted by Crippen LogP contribution is 2.24. The molecule has 0 unspecified atom stereocenters. The predicted molar refractivity (Wildman–Crippen MR) is 66.5 cm³/mol. The number of hydrogen-bond acceptors (Lipinski definition) is 2. The fourth-order valence-corrected chi connectivity index (χ4v) is 2.02. The van der Waals surface area contributed by atoms with E-state index >= 15 is 0 Å². The lowest BCUT2D eigenvalue weighted by Crippen LogP contribution is -1.85. The van der Waals surface area contributed by atoms with Crippen LogP contribution in [0.1, 0.15) is 23.2 Å². The van der Waals surface area contributed by atoms with Crippen molar-refractivity contribution in [3.63, 3.8) is 0 Å². The first-order chi connectivity index (χ1) is 7.74. The van der Waals surface area contributed by atoms with Gasteiger partial charge in [-0.1, -0.05) is 35.0 Å². The van der Waals surface area contributed by atoms with E-state index in [9.17, 15) is 4.79 Å². The first-order valence-electron chi connectivity index (χ1n) is 5.04. The second-order valence-corrected chi connectivity index (χ2v) is 4.35. The maximum Gasteiger partial charge on any atom is 0.185 e. The minimum Gasteiger partial charge on any atom is -0.339 e. The number of aromatic amines is 1. The fraction of sp³-hybridized carbons (Fsp3) is 0.167. The summed E-state index contributed by atoms with van der Waals surface area (Å²) >= 11 is 3.42. The molecule has 0 aliphatic rings. The zero-order chi connectivity index (χ0) is 11.5. The highest BCUT2D eigenvalue weighted by atomic mass is 79.9. The average Bonchev–Trinajstić information content (AvgIpc) is 2.72. The summed E-state index contributed by atoms with van der Waals surface area (Å²) in [4.78, 5) is 18.0. The van der Waals surface area contributed by atoms with Crippen LogP contribution in [0.4, 0.5) is 0 Å². The average molecular weight is 279 g/mol. The van der Waals surface area contributed by atoms with Crippen LogP contribution in [0, 0.1) is 0 Å². The fourth-order valence-electron chi connectivity index (χ4n) is 1.62. The van der Waals surface area contributed by atoms with Gasteiger partial charge in [0.25, 0.3) is 0 Å². The van der Waals surface area contributed by atoms with Gasteiger partial charge in [0.15, 0.2) is 12.1 Å². The molecule has 1 heterocycles. The Labute approximate surface area is 102 Å². The molecule has 0 fully saturated rings. The van der Waals surface area contributed by atoms with E-state index in [1.807, 2.05) is 31.2 Å². The van der Waals surface area contributed by atoms with Gasteiger partial charge < -0.3 is 4.98 Å². The van der Waals surface area contributed by atoms with Crippen molar-refractivity contribution in [1.82, 2.24) is 9.97 Å². The van der Waals surface area contributed by atoms with Gasteiger partial charge in [-0.25, -0.2) is 4.98 Å². The van der Waals surface area contributed by atoms with E-state index in [0.717, 1.165) is 34.1 Å². The molecule has 0 saturated heterocycles.